The molecule has 77 heavy (non-hydrogen) atoms. The molecule has 1 rings (SSSR count). The number of hydrogen-bond donors (Lipinski definition) is 6. The lowest BCUT2D eigenvalue weighted by molar-refractivity contribution is -0.305. The zero-order valence-electron chi connectivity index (χ0n) is 48.0. The van der Waals surface area contributed by atoms with E-state index < -0.39 is 67.4 Å². The van der Waals surface area contributed by atoms with Crippen LogP contribution in [0.25, 0.3) is 0 Å². The van der Waals surface area contributed by atoms with Crippen molar-refractivity contribution in [1.29, 1.82) is 0 Å². The number of carbonyl (C=O) groups is 2. The van der Waals surface area contributed by atoms with Crippen LogP contribution in [0.1, 0.15) is 207 Å². The average Bonchev–Trinajstić information content (AvgIpc) is 3.43. The lowest BCUT2D eigenvalue weighted by Crippen LogP contribution is -2.61. The van der Waals surface area contributed by atoms with Crippen LogP contribution in [0.15, 0.2) is 134 Å². The van der Waals surface area contributed by atoms with Crippen LogP contribution in [0.2, 0.25) is 0 Å². The molecular weight excluding hydrogens is 967 g/mol. The van der Waals surface area contributed by atoms with Gasteiger partial charge in [0.2, 0.25) is 5.91 Å². The van der Waals surface area contributed by atoms with Gasteiger partial charge in [0, 0.05) is 6.42 Å². The Bertz CT molecular complexity index is 1760. The molecule has 1 aliphatic heterocycles. The predicted octanol–water partition coefficient (Wildman–Crippen LogP) is 14.1. The Labute approximate surface area is 467 Å². The first-order valence-electron chi connectivity index (χ1n) is 30.0. The number of ether oxygens (including phenoxy) is 3. The summed E-state index contributed by atoms with van der Waals surface area (Å²) in [5.74, 6) is -1.27. The van der Waals surface area contributed by atoms with Crippen molar-refractivity contribution in [3.05, 3.63) is 134 Å². The normalized spacial score (nSPS) is 20.0. The van der Waals surface area contributed by atoms with E-state index in [0.717, 1.165) is 109 Å². The molecule has 0 aromatic heterocycles. The third-order valence-corrected chi connectivity index (χ3v) is 13.1. The van der Waals surface area contributed by atoms with Gasteiger partial charge in [-0.15, -0.1) is 0 Å². The molecule has 0 aromatic rings. The highest BCUT2D eigenvalue weighted by molar-refractivity contribution is 5.80. The second-order valence-electron chi connectivity index (χ2n) is 20.1. The lowest BCUT2D eigenvalue weighted by Gasteiger charge is -2.41. The molecule has 0 aliphatic carbocycles. The van der Waals surface area contributed by atoms with Crippen molar-refractivity contribution >= 4 is 11.9 Å². The first-order valence-corrected chi connectivity index (χ1v) is 30.0. The Kier molecular flexibility index (Phi) is 48.3. The van der Waals surface area contributed by atoms with Crippen LogP contribution in [0.5, 0.6) is 0 Å². The van der Waals surface area contributed by atoms with E-state index in [0.29, 0.717) is 12.8 Å². The molecule has 1 fully saturated rings. The van der Waals surface area contributed by atoms with E-state index in [1.165, 1.54) is 51.4 Å². The number of allylic oxidation sites excluding steroid dienone is 21. The Morgan fingerprint density at radius 1 is 0.532 bits per heavy atom. The molecule has 0 bridgehead atoms. The summed E-state index contributed by atoms with van der Waals surface area (Å²) in [5, 5.41) is 56.8. The number of amides is 1. The highest BCUT2D eigenvalue weighted by atomic mass is 16.7. The summed E-state index contributed by atoms with van der Waals surface area (Å²) in [6.07, 6.45) is 63.5. The minimum absolute atomic E-state index is 0.0801. The first-order chi connectivity index (χ1) is 37.7. The summed E-state index contributed by atoms with van der Waals surface area (Å²) >= 11 is 0. The molecule has 11 heteroatoms. The van der Waals surface area contributed by atoms with Gasteiger partial charge in [-0.1, -0.05) is 238 Å². The van der Waals surface area contributed by atoms with Crippen molar-refractivity contribution in [2.75, 3.05) is 13.2 Å². The van der Waals surface area contributed by atoms with Crippen molar-refractivity contribution in [3.8, 4) is 0 Å². The van der Waals surface area contributed by atoms with Gasteiger partial charge < -0.3 is 45.1 Å². The van der Waals surface area contributed by atoms with E-state index in [2.05, 4.69) is 105 Å². The molecule has 1 heterocycles. The van der Waals surface area contributed by atoms with Gasteiger partial charge in [0.1, 0.15) is 24.4 Å². The Morgan fingerprint density at radius 2 is 1.00 bits per heavy atom. The molecule has 8 atom stereocenters. The number of nitrogens with one attached hydrogen (secondary N) is 1. The fourth-order valence-electron chi connectivity index (χ4n) is 8.43. The second-order valence-corrected chi connectivity index (χ2v) is 20.1. The monoisotopic (exact) mass is 1070 g/mol. The number of aliphatic hydroxyl groups is 5. The Morgan fingerprint density at radius 3 is 1.56 bits per heavy atom. The van der Waals surface area contributed by atoms with Crippen LogP contribution in [-0.2, 0) is 23.8 Å². The molecule has 8 unspecified atom stereocenters. The number of rotatable bonds is 48. The van der Waals surface area contributed by atoms with Gasteiger partial charge >= 0.3 is 5.97 Å². The van der Waals surface area contributed by atoms with Gasteiger partial charge in [-0.3, -0.25) is 9.59 Å². The fraction of sp³-hybridized carbons (Fsp3) is 0.636. The number of hydrogen-bond acceptors (Lipinski definition) is 10. The van der Waals surface area contributed by atoms with E-state index in [-0.39, 0.29) is 19.4 Å². The van der Waals surface area contributed by atoms with Gasteiger partial charge in [-0.25, -0.2) is 0 Å². The minimum Gasteiger partial charge on any atom is -0.454 e. The average molecular weight is 1070 g/mol. The lowest BCUT2D eigenvalue weighted by atomic mass is 9.99. The number of unbranched alkanes of at least 4 members (excludes halogenated alkanes) is 17. The van der Waals surface area contributed by atoms with E-state index >= 15 is 0 Å². The molecule has 436 valence electrons. The van der Waals surface area contributed by atoms with Crippen molar-refractivity contribution in [3.63, 3.8) is 0 Å². The summed E-state index contributed by atoms with van der Waals surface area (Å²) in [5.41, 5.74) is 0. The van der Waals surface area contributed by atoms with Crippen molar-refractivity contribution in [2.24, 2.45) is 0 Å². The maximum absolute atomic E-state index is 13.4. The predicted molar refractivity (Wildman–Crippen MR) is 319 cm³/mol. The van der Waals surface area contributed by atoms with E-state index in [1.54, 1.807) is 6.08 Å². The van der Waals surface area contributed by atoms with Crippen molar-refractivity contribution in [2.45, 2.75) is 256 Å². The number of carbonyl (C=O) groups excluding carboxylic acids is 2. The topological polar surface area (TPSA) is 175 Å². The SMILES string of the molecule is CC/C=C\C/C=C\C/C=C\C/C=C\C/C=C\C/C=C\CCCCCCC(=O)OC1C(OCC(NC(=O)C(O)CCCC\C=C/C=C\C=C\C=C\CC)C(O)/C=C/CCCCCCCCCCCCC)OC(CO)C(O)C1O. The van der Waals surface area contributed by atoms with Crippen LogP contribution in [0.4, 0.5) is 0 Å². The molecule has 6 N–H and O–H groups in total. The fourth-order valence-corrected chi connectivity index (χ4v) is 8.43. The zero-order valence-corrected chi connectivity index (χ0v) is 48.0. The second kappa shape index (κ2) is 52.5. The standard InChI is InChI=1S/C66H107NO10/c1-4-7-10-13-16-19-22-25-26-27-28-29-30-31-32-33-34-36-39-42-45-48-51-54-61(71)77-64-63(73)62(72)60(55-68)76-66(64)75-56-57(58(69)52-49-46-43-40-38-35-23-20-17-14-11-8-5-2)67-65(74)59(70)53-50-47-44-41-37-24-21-18-15-12-9-6-3/h7,9-10,12,15-16,18-19,21,24-26,28-29,31-32,34,36-37,41,49,52,57-60,62-64,66,68-70,72-73H,4-6,8,11,13-14,17,20,22-23,27,30,33,35,38-40,42-48,50-51,53-56H2,1-3H3,(H,67,74)/b10-7-,12-9+,18-15+,19-16-,24-21-,26-25-,29-28-,32-31-,36-34-,41-37-,52-49+. The highest BCUT2D eigenvalue weighted by Crippen LogP contribution is 2.26. The van der Waals surface area contributed by atoms with Gasteiger partial charge in [-0.05, 0) is 96.3 Å². The quantitative estimate of drug-likeness (QED) is 0.0149. The largest absolute Gasteiger partial charge is 0.454 e. The summed E-state index contributed by atoms with van der Waals surface area (Å²) < 4.78 is 17.6. The molecule has 11 nitrogen and oxygen atoms in total. The third kappa shape index (κ3) is 40.6. The smallest absolute Gasteiger partial charge is 0.306 e. The van der Waals surface area contributed by atoms with Crippen LogP contribution < -0.4 is 5.32 Å². The molecule has 0 aromatic carbocycles. The van der Waals surface area contributed by atoms with Crippen LogP contribution in [-0.4, -0.2) is 99.6 Å². The van der Waals surface area contributed by atoms with E-state index in [1.807, 2.05) is 48.6 Å². The van der Waals surface area contributed by atoms with E-state index in [9.17, 15) is 35.1 Å². The Balaban J connectivity index is 2.72. The summed E-state index contributed by atoms with van der Waals surface area (Å²) in [6, 6.07) is -1.06. The molecular formula is C66H107NO10. The van der Waals surface area contributed by atoms with Gasteiger partial charge in [0.25, 0.3) is 0 Å². The Hall–Kier alpha value is -4.20. The summed E-state index contributed by atoms with van der Waals surface area (Å²) in [7, 11) is 0. The minimum atomic E-state index is -1.64. The molecule has 0 radical (unpaired) electrons. The summed E-state index contributed by atoms with van der Waals surface area (Å²) in [4.78, 5) is 26.5. The van der Waals surface area contributed by atoms with Gasteiger partial charge in [0.05, 0.1) is 25.4 Å². The maximum Gasteiger partial charge on any atom is 0.306 e. The summed E-state index contributed by atoms with van der Waals surface area (Å²) in [6.45, 7) is 5.46. The molecule has 0 spiro atoms. The maximum atomic E-state index is 13.4. The first kappa shape index (κ1) is 70.8. The van der Waals surface area contributed by atoms with Crippen molar-refractivity contribution in [1.82, 2.24) is 5.32 Å². The zero-order chi connectivity index (χ0) is 56.1. The van der Waals surface area contributed by atoms with E-state index in [4.69, 9.17) is 14.2 Å². The molecule has 0 saturated carbocycles. The number of aliphatic hydroxyl groups excluding tert-OH is 5. The van der Waals surface area contributed by atoms with Crippen LogP contribution >= 0.6 is 0 Å². The molecule has 1 amide bonds. The van der Waals surface area contributed by atoms with Crippen LogP contribution in [0.3, 0.4) is 0 Å². The third-order valence-electron chi connectivity index (χ3n) is 13.1. The highest BCUT2D eigenvalue weighted by Gasteiger charge is 2.47. The van der Waals surface area contributed by atoms with Crippen LogP contribution in [0, 0.1) is 0 Å². The molecule has 1 aliphatic rings. The van der Waals surface area contributed by atoms with Gasteiger partial charge in [-0.2, -0.15) is 0 Å². The number of esters is 1. The molecule has 1 saturated heterocycles. The van der Waals surface area contributed by atoms with Gasteiger partial charge in [0.15, 0.2) is 12.4 Å². The van der Waals surface area contributed by atoms with Crippen molar-refractivity contribution < 1.29 is 49.3 Å².